The molecule has 1 rings (SSSR count). The van der Waals surface area contributed by atoms with Crippen molar-refractivity contribution in [2.75, 3.05) is 6.54 Å². The van der Waals surface area contributed by atoms with Crippen molar-refractivity contribution in [1.82, 2.24) is 10.6 Å². The van der Waals surface area contributed by atoms with Gasteiger partial charge in [-0.05, 0) is 43.4 Å². The van der Waals surface area contributed by atoms with Gasteiger partial charge in [-0.2, -0.15) is 0 Å². The average Bonchev–Trinajstić information content (AvgIpc) is 2.39. The number of rotatable bonds is 6. The first-order chi connectivity index (χ1) is 9.31. The molecule has 112 valence electrons. The topological polar surface area (TPSA) is 41.1 Å². The molecule has 1 amide bonds. The Morgan fingerprint density at radius 3 is 2.25 bits per heavy atom. The lowest BCUT2D eigenvalue weighted by Gasteiger charge is -2.16. The zero-order valence-corrected chi connectivity index (χ0v) is 13.0. The second-order valence-corrected chi connectivity index (χ2v) is 5.79. The molecule has 0 saturated carbocycles. The Kier molecular flexibility index (Phi) is 6.14. The van der Waals surface area contributed by atoms with Crippen molar-refractivity contribution >= 4 is 5.91 Å². The van der Waals surface area contributed by atoms with Crippen LogP contribution in [0.3, 0.4) is 0 Å². The minimum absolute atomic E-state index is 0.00532. The third kappa shape index (κ3) is 4.93. The molecule has 0 aliphatic carbocycles. The van der Waals surface area contributed by atoms with E-state index >= 15 is 0 Å². The van der Waals surface area contributed by atoms with Gasteiger partial charge in [0.25, 0.3) is 0 Å². The van der Waals surface area contributed by atoms with Gasteiger partial charge in [-0.3, -0.25) is 4.79 Å². The summed E-state index contributed by atoms with van der Waals surface area (Å²) in [6.45, 7) is 10.7. The molecule has 0 saturated heterocycles. The maximum atomic E-state index is 13.5. The Labute approximate surface area is 121 Å². The molecule has 3 nitrogen and oxygen atoms in total. The van der Waals surface area contributed by atoms with Crippen molar-refractivity contribution in [3.63, 3.8) is 0 Å². The second-order valence-electron chi connectivity index (χ2n) is 5.79. The van der Waals surface area contributed by atoms with Crippen molar-refractivity contribution in [2.45, 2.75) is 47.2 Å². The molecule has 20 heavy (non-hydrogen) atoms. The van der Waals surface area contributed by atoms with Gasteiger partial charge in [-0.15, -0.1) is 0 Å². The maximum absolute atomic E-state index is 13.5. The van der Waals surface area contributed by atoms with E-state index in [-0.39, 0.29) is 17.8 Å². The normalized spacial score (nSPS) is 12.6. The minimum atomic E-state index is -0.264. The van der Waals surface area contributed by atoms with Crippen molar-refractivity contribution in [3.8, 4) is 0 Å². The number of hydrogen-bond acceptors (Lipinski definition) is 2. The minimum Gasteiger partial charge on any atom is -0.354 e. The molecule has 0 bridgehead atoms. The molecule has 0 spiro atoms. The fourth-order valence-corrected chi connectivity index (χ4v) is 1.96. The number of carbonyl (C=O) groups is 1. The molecule has 1 atom stereocenters. The van der Waals surface area contributed by atoms with Gasteiger partial charge in [0, 0.05) is 13.1 Å². The first-order valence-electron chi connectivity index (χ1n) is 7.08. The molecule has 0 aromatic heterocycles. The van der Waals surface area contributed by atoms with E-state index in [0.29, 0.717) is 30.1 Å². The number of amides is 1. The van der Waals surface area contributed by atoms with E-state index in [1.54, 1.807) is 13.8 Å². The largest absolute Gasteiger partial charge is 0.354 e. The predicted molar refractivity (Wildman–Crippen MR) is 80.0 cm³/mol. The maximum Gasteiger partial charge on any atom is 0.236 e. The first-order valence-corrected chi connectivity index (χ1v) is 7.08. The summed E-state index contributed by atoms with van der Waals surface area (Å²) in [6, 6.07) is 3.36. The summed E-state index contributed by atoms with van der Waals surface area (Å²) in [5.41, 5.74) is 2.27. The van der Waals surface area contributed by atoms with Gasteiger partial charge in [-0.25, -0.2) is 4.39 Å². The molecule has 0 radical (unpaired) electrons. The van der Waals surface area contributed by atoms with Crippen LogP contribution in [0.1, 0.15) is 37.5 Å². The fourth-order valence-electron chi connectivity index (χ4n) is 1.96. The molecule has 4 heteroatoms. The molecular weight excluding hydrogens is 255 g/mol. The predicted octanol–water partition coefficient (Wildman–Crippen LogP) is 2.69. The van der Waals surface area contributed by atoms with Crippen LogP contribution in [-0.4, -0.2) is 18.5 Å². The molecule has 0 aliphatic heterocycles. The average molecular weight is 280 g/mol. The Hall–Kier alpha value is -1.42. The van der Waals surface area contributed by atoms with E-state index in [4.69, 9.17) is 0 Å². The number of benzene rings is 1. The molecule has 0 heterocycles. The van der Waals surface area contributed by atoms with E-state index < -0.39 is 0 Å². The van der Waals surface area contributed by atoms with Crippen LogP contribution in [0.15, 0.2) is 12.1 Å². The highest BCUT2D eigenvalue weighted by Crippen LogP contribution is 2.14. The first kappa shape index (κ1) is 16.6. The van der Waals surface area contributed by atoms with Crippen LogP contribution in [0.25, 0.3) is 0 Å². The summed E-state index contributed by atoms with van der Waals surface area (Å²) in [4.78, 5) is 11.8. The van der Waals surface area contributed by atoms with Gasteiger partial charge in [0.1, 0.15) is 5.82 Å². The second kappa shape index (κ2) is 7.39. The molecule has 2 N–H and O–H groups in total. The number of carbonyl (C=O) groups excluding carboxylic acids is 1. The fraction of sp³-hybridized carbons (Fsp3) is 0.562. The zero-order valence-electron chi connectivity index (χ0n) is 13.0. The van der Waals surface area contributed by atoms with Gasteiger partial charge < -0.3 is 10.6 Å². The Bertz CT molecular complexity index is 449. The molecule has 1 aromatic carbocycles. The molecule has 0 fully saturated rings. The van der Waals surface area contributed by atoms with E-state index in [0.717, 1.165) is 5.56 Å². The highest BCUT2D eigenvalue weighted by molar-refractivity contribution is 5.81. The summed E-state index contributed by atoms with van der Waals surface area (Å²) < 4.78 is 13.5. The van der Waals surface area contributed by atoms with E-state index in [1.807, 2.05) is 19.1 Å². The number of nitrogens with one attached hydrogen (secondary N) is 2. The summed E-state index contributed by atoms with van der Waals surface area (Å²) in [5, 5.41) is 6.05. The number of halogens is 1. The quantitative estimate of drug-likeness (QED) is 0.841. The van der Waals surface area contributed by atoms with Crippen LogP contribution in [0.5, 0.6) is 0 Å². The molecular formula is C16H25FN2O. The highest BCUT2D eigenvalue weighted by atomic mass is 19.1. The SMILES string of the molecule is Cc1cc(CNC(C)C(=O)NCC(C)C)cc(C)c1F. The smallest absolute Gasteiger partial charge is 0.236 e. The number of hydrogen-bond donors (Lipinski definition) is 2. The Balaban J connectivity index is 2.52. The van der Waals surface area contributed by atoms with E-state index in [2.05, 4.69) is 24.5 Å². The third-order valence-corrected chi connectivity index (χ3v) is 3.19. The van der Waals surface area contributed by atoms with Crippen LogP contribution in [0, 0.1) is 25.6 Å². The summed E-state index contributed by atoms with van der Waals surface area (Å²) in [7, 11) is 0. The van der Waals surface area contributed by atoms with Crippen LogP contribution in [-0.2, 0) is 11.3 Å². The highest BCUT2D eigenvalue weighted by Gasteiger charge is 2.12. The van der Waals surface area contributed by atoms with Crippen LogP contribution < -0.4 is 10.6 Å². The van der Waals surface area contributed by atoms with Crippen molar-refractivity contribution in [2.24, 2.45) is 5.92 Å². The lowest BCUT2D eigenvalue weighted by molar-refractivity contribution is -0.122. The monoisotopic (exact) mass is 280 g/mol. The lowest BCUT2D eigenvalue weighted by Crippen LogP contribution is -2.42. The van der Waals surface area contributed by atoms with E-state index in [1.165, 1.54) is 0 Å². The van der Waals surface area contributed by atoms with Gasteiger partial charge >= 0.3 is 0 Å². The molecule has 1 aromatic rings. The van der Waals surface area contributed by atoms with Gasteiger partial charge in [0.05, 0.1) is 6.04 Å². The van der Waals surface area contributed by atoms with Gasteiger partial charge in [-0.1, -0.05) is 26.0 Å². The summed E-state index contributed by atoms with van der Waals surface area (Å²) in [6.07, 6.45) is 0. The zero-order chi connectivity index (χ0) is 15.3. The van der Waals surface area contributed by atoms with Gasteiger partial charge in [0.15, 0.2) is 0 Å². The van der Waals surface area contributed by atoms with Crippen molar-refractivity contribution in [1.29, 1.82) is 0 Å². The van der Waals surface area contributed by atoms with Crippen molar-refractivity contribution in [3.05, 3.63) is 34.6 Å². The summed E-state index contributed by atoms with van der Waals surface area (Å²) >= 11 is 0. The standard InChI is InChI=1S/C16H25FN2O/c1-10(2)8-19-16(20)13(5)18-9-14-6-11(3)15(17)12(4)7-14/h6-7,10,13,18H,8-9H2,1-5H3,(H,19,20). The van der Waals surface area contributed by atoms with Crippen LogP contribution in [0.2, 0.25) is 0 Å². The number of aryl methyl sites for hydroxylation is 2. The Morgan fingerprint density at radius 1 is 1.20 bits per heavy atom. The van der Waals surface area contributed by atoms with Crippen molar-refractivity contribution < 1.29 is 9.18 Å². The van der Waals surface area contributed by atoms with E-state index in [9.17, 15) is 9.18 Å². The van der Waals surface area contributed by atoms with Crippen LogP contribution in [0.4, 0.5) is 4.39 Å². The summed E-state index contributed by atoms with van der Waals surface area (Å²) in [5.74, 6) is 0.277. The Morgan fingerprint density at radius 2 is 1.75 bits per heavy atom. The van der Waals surface area contributed by atoms with Gasteiger partial charge in [0.2, 0.25) is 5.91 Å². The van der Waals surface area contributed by atoms with Crippen LogP contribution >= 0.6 is 0 Å². The molecule has 1 unspecified atom stereocenters. The molecule has 0 aliphatic rings. The third-order valence-electron chi connectivity index (χ3n) is 3.19. The lowest BCUT2D eigenvalue weighted by atomic mass is 10.1.